The van der Waals surface area contributed by atoms with Crippen LogP contribution in [0.25, 0.3) is 0 Å². The van der Waals surface area contributed by atoms with Gasteiger partial charge in [0.15, 0.2) is 0 Å². The van der Waals surface area contributed by atoms with Gasteiger partial charge in [0, 0.05) is 24.4 Å². The standard InChI is InChI=1S/C26H36N2O/c1-2-5-9-14-27-16-13-23-22-17-21(12-8-3-1)29-24(22)25-26(23,19-27)18-20-11-7-4-6-10-15-28(20)25/h1,3,7,11,17,20,23,25H,2,4-6,8-10,12-16,18-19H2/b3-1?,11-7-/t20?,23-,25-,26-/m0/s1. The summed E-state index contributed by atoms with van der Waals surface area (Å²) in [7, 11) is 0. The van der Waals surface area contributed by atoms with Crippen LogP contribution in [0.5, 0.6) is 0 Å². The molecule has 1 aromatic rings. The fraction of sp³-hybridized carbons (Fsp3) is 0.692. The zero-order valence-corrected chi connectivity index (χ0v) is 17.8. The number of aryl methyl sites for hydroxylation is 1. The van der Waals surface area contributed by atoms with E-state index in [-0.39, 0.29) is 0 Å². The molecule has 156 valence electrons. The van der Waals surface area contributed by atoms with Crippen LogP contribution in [0, 0.1) is 5.41 Å². The summed E-state index contributed by atoms with van der Waals surface area (Å²) in [5, 5.41) is 0. The van der Waals surface area contributed by atoms with Crippen molar-refractivity contribution in [3.05, 3.63) is 47.5 Å². The van der Waals surface area contributed by atoms with E-state index in [1.165, 1.54) is 89.1 Å². The van der Waals surface area contributed by atoms with Gasteiger partial charge in [-0.15, -0.1) is 0 Å². The third kappa shape index (κ3) is 2.99. The van der Waals surface area contributed by atoms with Crippen LogP contribution < -0.4 is 0 Å². The number of fused-ring (bicyclic) bond motifs is 2. The van der Waals surface area contributed by atoms with Crippen LogP contribution in [0.1, 0.15) is 86.8 Å². The zero-order chi connectivity index (χ0) is 19.3. The van der Waals surface area contributed by atoms with Gasteiger partial charge in [-0.1, -0.05) is 24.3 Å². The third-order valence-electron chi connectivity index (χ3n) is 8.52. The summed E-state index contributed by atoms with van der Waals surface area (Å²) < 4.78 is 6.69. The molecule has 0 N–H and O–H groups in total. The lowest BCUT2D eigenvalue weighted by Gasteiger charge is -2.45. The lowest BCUT2D eigenvalue weighted by atomic mass is 9.68. The first-order valence-corrected chi connectivity index (χ1v) is 12.3. The van der Waals surface area contributed by atoms with Gasteiger partial charge < -0.3 is 9.32 Å². The summed E-state index contributed by atoms with van der Waals surface area (Å²) in [5.41, 5.74) is 1.97. The predicted octanol–water partition coefficient (Wildman–Crippen LogP) is 5.60. The van der Waals surface area contributed by atoms with Crippen LogP contribution in [0.4, 0.5) is 0 Å². The van der Waals surface area contributed by atoms with Gasteiger partial charge in [0.05, 0.1) is 6.04 Å². The number of nitrogens with zero attached hydrogens (tertiary/aromatic N) is 2. The largest absolute Gasteiger partial charge is 0.464 e. The molecule has 2 saturated heterocycles. The Hall–Kier alpha value is -1.32. The van der Waals surface area contributed by atoms with Crippen molar-refractivity contribution in [2.45, 2.75) is 82.2 Å². The second-order valence-electron chi connectivity index (χ2n) is 10.2. The highest BCUT2D eigenvalue weighted by molar-refractivity contribution is 5.42. The molecule has 0 aromatic carbocycles. The lowest BCUT2D eigenvalue weighted by molar-refractivity contribution is 0.0364. The van der Waals surface area contributed by atoms with Gasteiger partial charge in [0.1, 0.15) is 11.5 Å². The smallest absolute Gasteiger partial charge is 0.125 e. The van der Waals surface area contributed by atoms with Gasteiger partial charge in [-0.25, -0.2) is 0 Å². The maximum Gasteiger partial charge on any atom is 0.125 e. The van der Waals surface area contributed by atoms with E-state index in [1.807, 2.05) is 0 Å². The van der Waals surface area contributed by atoms with Crippen molar-refractivity contribution in [1.29, 1.82) is 0 Å². The van der Waals surface area contributed by atoms with Crippen molar-refractivity contribution in [1.82, 2.24) is 9.80 Å². The van der Waals surface area contributed by atoms with Crippen molar-refractivity contribution in [2.75, 3.05) is 26.2 Å². The minimum Gasteiger partial charge on any atom is -0.464 e. The predicted molar refractivity (Wildman–Crippen MR) is 117 cm³/mol. The molecule has 2 unspecified atom stereocenters. The Balaban J connectivity index is 1.42. The van der Waals surface area contributed by atoms with Crippen LogP contribution in [-0.4, -0.2) is 42.0 Å². The number of hydrogen-bond acceptors (Lipinski definition) is 3. The van der Waals surface area contributed by atoms with Crippen LogP contribution in [0.2, 0.25) is 0 Å². The van der Waals surface area contributed by atoms with Crippen LogP contribution in [0.15, 0.2) is 34.8 Å². The quantitative estimate of drug-likeness (QED) is 0.536. The highest BCUT2D eigenvalue weighted by atomic mass is 16.3. The molecule has 0 saturated carbocycles. The Morgan fingerprint density at radius 2 is 1.79 bits per heavy atom. The molecule has 6 aliphatic heterocycles. The van der Waals surface area contributed by atoms with Crippen molar-refractivity contribution in [3.8, 4) is 0 Å². The monoisotopic (exact) mass is 392 g/mol. The van der Waals surface area contributed by atoms with Crippen molar-refractivity contribution < 1.29 is 4.42 Å². The fourth-order valence-corrected chi connectivity index (χ4v) is 7.32. The van der Waals surface area contributed by atoms with E-state index in [2.05, 4.69) is 40.2 Å². The van der Waals surface area contributed by atoms with E-state index in [0.717, 1.165) is 12.8 Å². The summed E-state index contributed by atoms with van der Waals surface area (Å²) >= 11 is 0. The first kappa shape index (κ1) is 18.4. The molecule has 0 radical (unpaired) electrons. The third-order valence-corrected chi connectivity index (χ3v) is 8.52. The minimum atomic E-state index is 0.378. The fourth-order valence-electron chi connectivity index (χ4n) is 7.32. The van der Waals surface area contributed by atoms with Crippen molar-refractivity contribution in [2.24, 2.45) is 5.41 Å². The average molecular weight is 393 g/mol. The van der Waals surface area contributed by atoms with E-state index in [1.54, 1.807) is 5.56 Å². The van der Waals surface area contributed by atoms with E-state index >= 15 is 0 Å². The Morgan fingerprint density at radius 1 is 0.931 bits per heavy atom. The Bertz CT molecular complexity index is 808. The molecule has 6 bridgehead atoms. The van der Waals surface area contributed by atoms with Crippen LogP contribution in [-0.2, 0) is 6.42 Å². The van der Waals surface area contributed by atoms with E-state index in [0.29, 0.717) is 23.4 Å². The van der Waals surface area contributed by atoms with Gasteiger partial charge >= 0.3 is 0 Å². The van der Waals surface area contributed by atoms with Gasteiger partial charge in [0.25, 0.3) is 0 Å². The highest BCUT2D eigenvalue weighted by Gasteiger charge is 2.64. The maximum atomic E-state index is 6.69. The number of furan rings is 1. The molecular formula is C26H36N2O. The Morgan fingerprint density at radius 3 is 2.76 bits per heavy atom. The molecule has 2 fully saturated rings. The lowest BCUT2D eigenvalue weighted by Crippen LogP contribution is -2.47. The van der Waals surface area contributed by atoms with E-state index in [4.69, 9.17) is 4.42 Å². The second-order valence-corrected chi connectivity index (χ2v) is 10.2. The number of rotatable bonds is 0. The van der Waals surface area contributed by atoms with Crippen molar-refractivity contribution in [3.63, 3.8) is 0 Å². The van der Waals surface area contributed by atoms with Gasteiger partial charge in [-0.3, -0.25) is 4.90 Å². The van der Waals surface area contributed by atoms with Crippen LogP contribution >= 0.6 is 0 Å². The van der Waals surface area contributed by atoms with Gasteiger partial charge in [-0.05, 0) is 95.0 Å². The van der Waals surface area contributed by atoms with Gasteiger partial charge in [-0.2, -0.15) is 0 Å². The second kappa shape index (κ2) is 7.42. The number of hydrogen-bond donors (Lipinski definition) is 0. The Labute approximate surface area is 175 Å². The van der Waals surface area contributed by atoms with E-state index in [9.17, 15) is 0 Å². The maximum absolute atomic E-state index is 6.69. The summed E-state index contributed by atoms with van der Waals surface area (Å²) in [6, 6.07) is 3.59. The summed E-state index contributed by atoms with van der Waals surface area (Å²) in [4.78, 5) is 5.66. The van der Waals surface area contributed by atoms with Crippen LogP contribution in [0.3, 0.4) is 0 Å². The normalized spacial score (nSPS) is 40.7. The molecule has 0 amide bonds. The molecule has 29 heavy (non-hydrogen) atoms. The summed E-state index contributed by atoms with van der Waals surface area (Å²) in [6.07, 6.45) is 22.5. The molecule has 7 heterocycles. The first-order valence-electron chi connectivity index (χ1n) is 12.3. The van der Waals surface area contributed by atoms with E-state index < -0.39 is 0 Å². The molecular weight excluding hydrogens is 356 g/mol. The number of allylic oxidation sites excluding steroid dienone is 3. The van der Waals surface area contributed by atoms with Gasteiger partial charge in [0.2, 0.25) is 0 Å². The Kier molecular flexibility index (Phi) is 4.72. The molecule has 3 heteroatoms. The SMILES string of the molecule is C1=CCCc2cc3c(o2)[C@@H]2N4CCCC/C=C\C4C[C@@]24CN(CCCC1)CC[C@@H]34. The average Bonchev–Trinajstić information content (AvgIpc) is 3.29. The molecule has 7 aliphatic rings. The molecule has 1 aromatic heterocycles. The first-order chi connectivity index (χ1) is 14.4. The summed E-state index contributed by atoms with van der Waals surface area (Å²) in [5.74, 6) is 3.30. The molecule has 8 rings (SSSR count). The molecule has 3 nitrogen and oxygen atoms in total. The summed E-state index contributed by atoms with van der Waals surface area (Å²) in [6.45, 7) is 5.07. The number of piperidine rings is 1. The zero-order valence-electron chi connectivity index (χ0n) is 17.8. The topological polar surface area (TPSA) is 19.6 Å². The molecule has 1 spiro atoms. The minimum absolute atomic E-state index is 0.378. The highest BCUT2D eigenvalue weighted by Crippen LogP contribution is 2.67. The molecule has 1 aliphatic carbocycles. The van der Waals surface area contributed by atoms with Crippen molar-refractivity contribution >= 4 is 0 Å². The molecule has 5 atom stereocenters.